The van der Waals surface area contributed by atoms with E-state index in [9.17, 15) is 18.0 Å². The number of para-hydroxylation sites is 1. The Morgan fingerprint density at radius 3 is 2.55 bits per heavy atom. The molecule has 1 atom stereocenters. The summed E-state index contributed by atoms with van der Waals surface area (Å²) in [5, 5.41) is 2.31. The van der Waals surface area contributed by atoms with E-state index in [0.29, 0.717) is 6.42 Å². The zero-order chi connectivity index (χ0) is 15.0. The van der Waals surface area contributed by atoms with Gasteiger partial charge < -0.3 is 4.74 Å². The van der Waals surface area contributed by atoms with E-state index >= 15 is 0 Å². The third-order valence-electron chi connectivity index (χ3n) is 3.40. The van der Waals surface area contributed by atoms with Crippen LogP contribution in [0.15, 0.2) is 24.3 Å². The van der Waals surface area contributed by atoms with Crippen molar-refractivity contribution < 1.29 is 22.7 Å². The molecule has 0 bridgehead atoms. The Morgan fingerprint density at radius 2 is 1.95 bits per heavy atom. The second-order valence-electron chi connectivity index (χ2n) is 5.32. The van der Waals surface area contributed by atoms with Gasteiger partial charge in [0, 0.05) is 12.0 Å². The van der Waals surface area contributed by atoms with Crippen LogP contribution < -0.4 is 5.32 Å². The first-order valence-corrected chi connectivity index (χ1v) is 6.42. The minimum Gasteiger partial charge on any atom is -0.428 e. The summed E-state index contributed by atoms with van der Waals surface area (Å²) in [5.74, 6) is 0.0787. The lowest BCUT2D eigenvalue weighted by Crippen LogP contribution is -2.50. The minimum atomic E-state index is -4.66. The number of cyclic esters (lactones) is 1. The molecule has 1 aromatic carbocycles. The van der Waals surface area contributed by atoms with E-state index in [1.54, 1.807) is 6.07 Å². The predicted molar refractivity (Wildman–Crippen MR) is 68.4 cm³/mol. The molecule has 1 aromatic rings. The molecule has 0 radical (unpaired) electrons. The van der Waals surface area contributed by atoms with Crippen LogP contribution in [0.5, 0.6) is 0 Å². The number of carbonyl (C=O) groups is 1. The molecule has 0 spiro atoms. The highest BCUT2D eigenvalue weighted by molar-refractivity contribution is 5.89. The Hall–Kier alpha value is -1.72. The van der Waals surface area contributed by atoms with E-state index < -0.39 is 17.9 Å². The van der Waals surface area contributed by atoms with Gasteiger partial charge in [0.15, 0.2) is 0 Å². The molecule has 0 saturated carbocycles. The number of anilines is 1. The van der Waals surface area contributed by atoms with E-state index in [1.807, 2.05) is 13.8 Å². The van der Waals surface area contributed by atoms with Crippen LogP contribution in [0.4, 0.5) is 23.7 Å². The van der Waals surface area contributed by atoms with Crippen LogP contribution in [-0.4, -0.2) is 12.3 Å². The molecule has 2 rings (SSSR count). The lowest BCUT2D eigenvalue weighted by Gasteiger charge is -2.40. The second kappa shape index (κ2) is 5.00. The molecule has 0 aliphatic carbocycles. The SMILES string of the molecule is CC(C)CCC1(C(F)(F)F)OC(=O)Nc2ccccc21. The Bertz CT molecular complexity index is 513. The molecular formula is C14H16F3NO2. The Labute approximate surface area is 115 Å². The number of hydrogen-bond donors (Lipinski definition) is 1. The van der Waals surface area contributed by atoms with Gasteiger partial charge in [-0.05, 0) is 18.4 Å². The van der Waals surface area contributed by atoms with Crippen LogP contribution in [0.25, 0.3) is 0 Å². The molecular weight excluding hydrogens is 271 g/mol. The molecule has 6 heteroatoms. The molecule has 1 aliphatic rings. The number of ether oxygens (including phenoxy) is 1. The van der Waals surface area contributed by atoms with Crippen molar-refractivity contribution in [1.82, 2.24) is 0 Å². The minimum absolute atomic E-state index is 0.0345. The smallest absolute Gasteiger partial charge is 0.428 e. The number of rotatable bonds is 3. The molecule has 0 saturated heterocycles. The first kappa shape index (κ1) is 14.7. The van der Waals surface area contributed by atoms with Gasteiger partial charge in [-0.3, -0.25) is 5.32 Å². The standard InChI is InChI=1S/C14H16F3NO2/c1-9(2)7-8-13(14(15,16)17)10-5-3-4-6-11(10)18-12(19)20-13/h3-6,9H,7-8H2,1-2H3,(H,18,19). The summed E-state index contributed by atoms with van der Waals surface area (Å²) in [4.78, 5) is 11.5. The maximum atomic E-state index is 13.6. The predicted octanol–water partition coefficient (Wildman–Crippen LogP) is 4.44. The fourth-order valence-corrected chi connectivity index (χ4v) is 2.32. The highest BCUT2D eigenvalue weighted by Crippen LogP contribution is 2.50. The van der Waals surface area contributed by atoms with Gasteiger partial charge in [0.25, 0.3) is 0 Å². The van der Waals surface area contributed by atoms with E-state index in [1.165, 1.54) is 18.2 Å². The summed E-state index contributed by atoms with van der Waals surface area (Å²) in [6, 6.07) is 5.89. The lowest BCUT2D eigenvalue weighted by atomic mass is 9.84. The molecule has 20 heavy (non-hydrogen) atoms. The van der Waals surface area contributed by atoms with Crippen molar-refractivity contribution in [2.45, 2.75) is 38.5 Å². The van der Waals surface area contributed by atoms with Crippen molar-refractivity contribution in [3.63, 3.8) is 0 Å². The Balaban J connectivity index is 2.53. The van der Waals surface area contributed by atoms with Crippen LogP contribution in [0, 0.1) is 5.92 Å². The molecule has 1 unspecified atom stereocenters. The summed E-state index contributed by atoms with van der Waals surface area (Å²) in [7, 11) is 0. The molecule has 110 valence electrons. The number of halogens is 3. The third-order valence-corrected chi connectivity index (χ3v) is 3.40. The Kier molecular flexibility index (Phi) is 3.67. The highest BCUT2D eigenvalue weighted by atomic mass is 19.4. The van der Waals surface area contributed by atoms with Crippen LogP contribution in [0.2, 0.25) is 0 Å². The quantitative estimate of drug-likeness (QED) is 0.892. The molecule has 1 heterocycles. The van der Waals surface area contributed by atoms with Gasteiger partial charge >= 0.3 is 12.3 Å². The number of alkyl halides is 3. The number of nitrogens with one attached hydrogen (secondary N) is 1. The highest BCUT2D eigenvalue weighted by Gasteiger charge is 2.61. The number of hydrogen-bond acceptors (Lipinski definition) is 2. The Morgan fingerprint density at radius 1 is 1.30 bits per heavy atom. The number of benzene rings is 1. The second-order valence-corrected chi connectivity index (χ2v) is 5.32. The average Bonchev–Trinajstić information content (AvgIpc) is 2.34. The van der Waals surface area contributed by atoms with Crippen molar-refractivity contribution >= 4 is 11.8 Å². The topological polar surface area (TPSA) is 38.3 Å². The van der Waals surface area contributed by atoms with Gasteiger partial charge in [0.1, 0.15) is 0 Å². The maximum Gasteiger partial charge on any atom is 0.432 e. The monoisotopic (exact) mass is 287 g/mol. The molecule has 1 aliphatic heterocycles. The fourth-order valence-electron chi connectivity index (χ4n) is 2.32. The first-order valence-electron chi connectivity index (χ1n) is 6.42. The largest absolute Gasteiger partial charge is 0.432 e. The summed E-state index contributed by atoms with van der Waals surface area (Å²) >= 11 is 0. The van der Waals surface area contributed by atoms with E-state index in [-0.39, 0.29) is 23.6 Å². The zero-order valence-electron chi connectivity index (χ0n) is 11.3. The molecule has 0 fully saturated rings. The van der Waals surface area contributed by atoms with Crippen molar-refractivity contribution in [2.75, 3.05) is 5.32 Å². The van der Waals surface area contributed by atoms with Gasteiger partial charge in [0.2, 0.25) is 5.60 Å². The molecule has 1 N–H and O–H groups in total. The first-order chi connectivity index (χ1) is 9.26. The third kappa shape index (κ3) is 2.46. The van der Waals surface area contributed by atoms with E-state index in [4.69, 9.17) is 4.74 Å². The number of carbonyl (C=O) groups excluding carboxylic acids is 1. The summed E-state index contributed by atoms with van der Waals surface area (Å²) in [6.45, 7) is 3.66. The number of amides is 1. The van der Waals surface area contributed by atoms with E-state index in [0.717, 1.165) is 0 Å². The molecule has 0 aromatic heterocycles. The maximum absolute atomic E-state index is 13.6. The van der Waals surface area contributed by atoms with Gasteiger partial charge in [0.05, 0.1) is 5.69 Å². The van der Waals surface area contributed by atoms with Crippen LogP contribution in [-0.2, 0) is 10.3 Å². The van der Waals surface area contributed by atoms with Crippen molar-refractivity contribution in [2.24, 2.45) is 5.92 Å². The van der Waals surface area contributed by atoms with Crippen LogP contribution in [0.1, 0.15) is 32.3 Å². The summed E-state index contributed by atoms with van der Waals surface area (Å²) in [6.07, 6.45) is -5.69. The lowest BCUT2D eigenvalue weighted by molar-refractivity contribution is -0.268. The van der Waals surface area contributed by atoms with Gasteiger partial charge in [-0.2, -0.15) is 13.2 Å². The van der Waals surface area contributed by atoms with Gasteiger partial charge in [-0.25, -0.2) is 4.79 Å². The summed E-state index contributed by atoms with van der Waals surface area (Å²) in [5.41, 5.74) is -2.44. The fraction of sp³-hybridized carbons (Fsp3) is 0.500. The molecule has 3 nitrogen and oxygen atoms in total. The van der Waals surface area contributed by atoms with Crippen molar-refractivity contribution in [3.8, 4) is 0 Å². The van der Waals surface area contributed by atoms with Crippen molar-refractivity contribution in [1.29, 1.82) is 0 Å². The van der Waals surface area contributed by atoms with Crippen molar-refractivity contribution in [3.05, 3.63) is 29.8 Å². The van der Waals surface area contributed by atoms with Crippen LogP contribution in [0.3, 0.4) is 0 Å². The zero-order valence-corrected chi connectivity index (χ0v) is 11.3. The molecule has 1 amide bonds. The van der Waals surface area contributed by atoms with E-state index in [2.05, 4.69) is 5.32 Å². The average molecular weight is 287 g/mol. The van der Waals surface area contributed by atoms with Crippen LogP contribution >= 0.6 is 0 Å². The van der Waals surface area contributed by atoms with Gasteiger partial charge in [-0.15, -0.1) is 0 Å². The number of fused-ring (bicyclic) bond motifs is 1. The summed E-state index contributed by atoms with van der Waals surface area (Å²) < 4.78 is 45.5. The normalized spacial score (nSPS) is 22.2. The van der Waals surface area contributed by atoms with Gasteiger partial charge in [-0.1, -0.05) is 32.0 Å².